The van der Waals surface area contributed by atoms with Crippen LogP contribution in [0.2, 0.25) is 10.0 Å². The molecule has 1 aliphatic carbocycles. The highest BCUT2D eigenvalue weighted by atomic mass is 35.5. The van der Waals surface area contributed by atoms with Crippen LogP contribution in [0.4, 0.5) is 4.39 Å². The molecule has 186 valence electrons. The molecule has 37 heavy (non-hydrogen) atoms. The number of halogens is 3. The molecule has 0 aromatic heterocycles. The Balaban J connectivity index is 1.29. The van der Waals surface area contributed by atoms with Crippen molar-refractivity contribution in [2.24, 2.45) is 0 Å². The summed E-state index contributed by atoms with van der Waals surface area (Å²) in [7, 11) is 0. The summed E-state index contributed by atoms with van der Waals surface area (Å²) in [5, 5.41) is 0.827. The van der Waals surface area contributed by atoms with Crippen LogP contribution >= 0.6 is 35.0 Å². The van der Waals surface area contributed by atoms with E-state index in [0.29, 0.717) is 32.5 Å². The zero-order valence-electron chi connectivity index (χ0n) is 19.5. The second-order valence-corrected chi connectivity index (χ2v) is 10.6. The number of carbonyl (C=O) groups is 2. The van der Waals surface area contributed by atoms with E-state index < -0.39 is 5.82 Å². The molecule has 0 heterocycles. The number of rotatable bonds is 8. The van der Waals surface area contributed by atoms with Gasteiger partial charge in [-0.2, -0.15) is 0 Å². The van der Waals surface area contributed by atoms with Crippen LogP contribution in [-0.4, -0.2) is 18.9 Å². The van der Waals surface area contributed by atoms with Crippen LogP contribution in [0.5, 0.6) is 0 Å². The third kappa shape index (κ3) is 5.45. The Hall–Kier alpha value is -3.12. The number of benzene rings is 4. The van der Waals surface area contributed by atoms with E-state index in [1.807, 2.05) is 24.3 Å². The molecule has 0 saturated carbocycles. The fourth-order valence-corrected chi connectivity index (χ4v) is 6.33. The predicted molar refractivity (Wildman–Crippen MR) is 145 cm³/mol. The van der Waals surface area contributed by atoms with E-state index in [4.69, 9.17) is 27.9 Å². The van der Waals surface area contributed by atoms with Gasteiger partial charge in [-0.25, -0.2) is 4.39 Å². The second-order valence-electron chi connectivity index (χ2n) is 8.69. The maximum atomic E-state index is 13.6. The van der Waals surface area contributed by atoms with Crippen molar-refractivity contribution in [1.82, 2.24) is 0 Å². The van der Waals surface area contributed by atoms with Crippen molar-refractivity contribution in [1.29, 1.82) is 0 Å². The quantitative estimate of drug-likeness (QED) is 0.163. The van der Waals surface area contributed by atoms with Crippen LogP contribution in [0.25, 0.3) is 11.1 Å². The lowest BCUT2D eigenvalue weighted by molar-refractivity contribution is -0.143. The molecule has 4 aromatic carbocycles. The standard InChI is InChI=1S/C30H21Cl2FO3S/c31-20-13-18(30(27(32)15-20)37-28-11-10-21(33)14-19(28)16-34)9-12-29(35)36-17-26-24-7-3-1-5-22(24)23-6-2-4-8-25(23)26/h1-8,10-11,13-16,26H,9,12,17H2. The van der Waals surface area contributed by atoms with E-state index in [-0.39, 0.29) is 30.5 Å². The minimum Gasteiger partial charge on any atom is -0.465 e. The molecule has 1 aliphatic rings. The summed E-state index contributed by atoms with van der Waals surface area (Å²) in [6.07, 6.45) is 1.08. The van der Waals surface area contributed by atoms with Crippen LogP contribution in [0.3, 0.4) is 0 Å². The normalized spacial score (nSPS) is 12.2. The van der Waals surface area contributed by atoms with Gasteiger partial charge in [0.05, 0.1) is 5.02 Å². The maximum absolute atomic E-state index is 13.6. The zero-order chi connectivity index (χ0) is 25.9. The van der Waals surface area contributed by atoms with Gasteiger partial charge in [0, 0.05) is 32.7 Å². The molecule has 0 atom stereocenters. The van der Waals surface area contributed by atoms with Gasteiger partial charge in [-0.05, 0) is 64.6 Å². The molecule has 0 N–H and O–H groups in total. The lowest BCUT2D eigenvalue weighted by Gasteiger charge is -2.15. The number of aldehydes is 1. The Kier molecular flexibility index (Phi) is 7.65. The Morgan fingerprint density at radius 2 is 1.62 bits per heavy atom. The van der Waals surface area contributed by atoms with Gasteiger partial charge in [0.25, 0.3) is 0 Å². The van der Waals surface area contributed by atoms with Gasteiger partial charge in [0.15, 0.2) is 6.29 Å². The van der Waals surface area contributed by atoms with E-state index >= 15 is 0 Å². The largest absolute Gasteiger partial charge is 0.465 e. The SMILES string of the molecule is O=Cc1cc(F)ccc1Sc1c(Cl)cc(Cl)cc1CCC(=O)OCC1c2ccccc2-c2ccccc21. The Morgan fingerprint density at radius 1 is 0.946 bits per heavy atom. The van der Waals surface area contributed by atoms with Gasteiger partial charge in [-0.1, -0.05) is 83.5 Å². The fraction of sp³-hybridized carbons (Fsp3) is 0.133. The van der Waals surface area contributed by atoms with Crippen molar-refractivity contribution >= 4 is 47.2 Å². The molecule has 5 rings (SSSR count). The van der Waals surface area contributed by atoms with Gasteiger partial charge in [-0.3, -0.25) is 9.59 Å². The molecule has 0 radical (unpaired) electrons. The number of aryl methyl sites for hydroxylation is 1. The van der Waals surface area contributed by atoms with Crippen LogP contribution in [0.15, 0.2) is 88.7 Å². The molecule has 0 saturated heterocycles. The topological polar surface area (TPSA) is 43.4 Å². The van der Waals surface area contributed by atoms with Gasteiger partial charge >= 0.3 is 5.97 Å². The van der Waals surface area contributed by atoms with E-state index in [2.05, 4.69) is 24.3 Å². The first-order valence-electron chi connectivity index (χ1n) is 11.7. The van der Waals surface area contributed by atoms with Crippen molar-refractivity contribution in [2.45, 2.75) is 28.6 Å². The summed E-state index contributed by atoms with van der Waals surface area (Å²) >= 11 is 14.0. The number of hydrogen-bond donors (Lipinski definition) is 0. The minimum absolute atomic E-state index is 0.0108. The highest BCUT2D eigenvalue weighted by Gasteiger charge is 2.29. The molecule has 7 heteroatoms. The Bertz CT molecular complexity index is 1460. The third-order valence-corrected chi connectivity index (χ3v) is 8.27. The Labute approximate surface area is 228 Å². The van der Waals surface area contributed by atoms with Crippen LogP contribution < -0.4 is 0 Å². The molecular formula is C30H21Cl2FO3S. The van der Waals surface area contributed by atoms with E-state index in [1.54, 1.807) is 12.1 Å². The van der Waals surface area contributed by atoms with Gasteiger partial charge in [-0.15, -0.1) is 0 Å². The average Bonchev–Trinajstić information content (AvgIpc) is 3.22. The van der Waals surface area contributed by atoms with Crippen molar-refractivity contribution < 1.29 is 18.7 Å². The number of esters is 1. The van der Waals surface area contributed by atoms with E-state index in [1.165, 1.54) is 41.1 Å². The molecule has 0 spiro atoms. The predicted octanol–water partition coefficient (Wildman–Crippen LogP) is 8.38. The summed E-state index contributed by atoms with van der Waals surface area (Å²) in [5.41, 5.74) is 5.62. The minimum atomic E-state index is -0.496. The monoisotopic (exact) mass is 550 g/mol. The Morgan fingerprint density at radius 3 is 2.30 bits per heavy atom. The zero-order valence-corrected chi connectivity index (χ0v) is 21.9. The molecule has 0 unspecified atom stereocenters. The number of hydrogen-bond acceptors (Lipinski definition) is 4. The first-order valence-corrected chi connectivity index (χ1v) is 13.3. The first kappa shape index (κ1) is 25.5. The third-order valence-electron chi connectivity index (χ3n) is 6.37. The number of fused-ring (bicyclic) bond motifs is 3. The molecular weight excluding hydrogens is 530 g/mol. The van der Waals surface area contributed by atoms with Crippen LogP contribution in [0, 0.1) is 5.82 Å². The van der Waals surface area contributed by atoms with Gasteiger partial charge < -0.3 is 4.74 Å². The van der Waals surface area contributed by atoms with Crippen LogP contribution in [-0.2, 0) is 16.0 Å². The van der Waals surface area contributed by atoms with Crippen molar-refractivity contribution in [3.05, 3.63) is 117 Å². The van der Waals surface area contributed by atoms with Gasteiger partial charge in [0.1, 0.15) is 12.4 Å². The second kappa shape index (κ2) is 11.1. The van der Waals surface area contributed by atoms with Crippen molar-refractivity contribution in [2.75, 3.05) is 6.61 Å². The molecule has 0 bridgehead atoms. The summed E-state index contributed by atoms with van der Waals surface area (Å²) in [4.78, 5) is 25.5. The van der Waals surface area contributed by atoms with E-state index in [0.717, 1.165) is 16.7 Å². The fourth-order valence-electron chi connectivity index (χ4n) is 4.65. The maximum Gasteiger partial charge on any atom is 0.306 e. The summed E-state index contributed by atoms with van der Waals surface area (Å²) in [6.45, 7) is 0.253. The van der Waals surface area contributed by atoms with Crippen LogP contribution in [0.1, 0.15) is 39.4 Å². The molecule has 0 fully saturated rings. The number of carbonyl (C=O) groups excluding carboxylic acids is 2. The molecule has 3 nitrogen and oxygen atoms in total. The lowest BCUT2D eigenvalue weighted by atomic mass is 9.98. The number of ether oxygens (including phenoxy) is 1. The highest BCUT2D eigenvalue weighted by molar-refractivity contribution is 7.99. The van der Waals surface area contributed by atoms with E-state index in [9.17, 15) is 14.0 Å². The summed E-state index contributed by atoms with van der Waals surface area (Å²) in [6, 6.07) is 23.7. The lowest BCUT2D eigenvalue weighted by Crippen LogP contribution is -2.13. The smallest absolute Gasteiger partial charge is 0.306 e. The first-order chi connectivity index (χ1) is 17.9. The average molecular weight is 551 g/mol. The molecule has 0 aliphatic heterocycles. The van der Waals surface area contributed by atoms with Crippen molar-refractivity contribution in [3.8, 4) is 11.1 Å². The molecule has 0 amide bonds. The molecule has 4 aromatic rings. The summed E-state index contributed by atoms with van der Waals surface area (Å²) in [5.74, 6) is -0.836. The highest BCUT2D eigenvalue weighted by Crippen LogP contribution is 2.44. The van der Waals surface area contributed by atoms with Crippen molar-refractivity contribution in [3.63, 3.8) is 0 Å². The summed E-state index contributed by atoms with van der Waals surface area (Å²) < 4.78 is 19.3. The van der Waals surface area contributed by atoms with Gasteiger partial charge in [0.2, 0.25) is 0 Å².